The van der Waals surface area contributed by atoms with E-state index < -0.39 is 51.1 Å². The van der Waals surface area contributed by atoms with Crippen LogP contribution in [0.3, 0.4) is 0 Å². The van der Waals surface area contributed by atoms with E-state index in [2.05, 4.69) is 10.1 Å². The van der Waals surface area contributed by atoms with Gasteiger partial charge in [-0.15, -0.1) is 0 Å². The maximum Gasteiger partial charge on any atom is 0.345 e. The third-order valence-electron chi connectivity index (χ3n) is 3.14. The zero-order chi connectivity index (χ0) is 20.1. The molecule has 2 rings (SSSR count). The number of hydrogen-bond acceptors (Lipinski definition) is 7. The lowest BCUT2D eigenvalue weighted by Crippen LogP contribution is -2.21. The molecule has 0 radical (unpaired) electrons. The Bertz CT molecular complexity index is 951. The highest BCUT2D eigenvalue weighted by Crippen LogP contribution is 2.24. The number of carbonyl (C=O) groups is 2. The molecule has 1 N–H and O–H groups in total. The molecule has 10 nitrogen and oxygen atoms in total. The van der Waals surface area contributed by atoms with Gasteiger partial charge in [0.05, 0.1) is 9.85 Å². The average Bonchev–Trinajstić information content (AvgIpc) is 2.61. The van der Waals surface area contributed by atoms with Crippen molar-refractivity contribution in [2.45, 2.75) is 0 Å². The van der Waals surface area contributed by atoms with E-state index in [4.69, 9.17) is 11.6 Å². The minimum Gasteiger partial charge on any atom is -0.452 e. The van der Waals surface area contributed by atoms with E-state index in [1.54, 1.807) is 0 Å². The van der Waals surface area contributed by atoms with Crippen molar-refractivity contribution in [3.05, 3.63) is 73.0 Å². The minimum atomic E-state index is -1.14. The lowest BCUT2D eigenvalue weighted by atomic mass is 10.2. The zero-order valence-corrected chi connectivity index (χ0v) is 13.9. The van der Waals surface area contributed by atoms with Crippen LogP contribution in [0.1, 0.15) is 10.4 Å². The van der Waals surface area contributed by atoms with Gasteiger partial charge in [-0.3, -0.25) is 25.0 Å². The van der Waals surface area contributed by atoms with Crippen LogP contribution >= 0.6 is 11.6 Å². The Hall–Kier alpha value is -3.60. The SMILES string of the molecule is O=C(COC(=O)c1ccc(Cl)cc1[N+](=O)[O-])Nc1ccc(F)c([N+](=O)[O-])c1. The van der Waals surface area contributed by atoms with Gasteiger partial charge in [-0.2, -0.15) is 4.39 Å². The van der Waals surface area contributed by atoms with Gasteiger partial charge >= 0.3 is 11.7 Å². The largest absolute Gasteiger partial charge is 0.452 e. The number of nitro groups is 2. The fourth-order valence-electron chi connectivity index (χ4n) is 1.96. The number of hydrogen-bond donors (Lipinski definition) is 1. The Morgan fingerprint density at radius 2 is 1.74 bits per heavy atom. The van der Waals surface area contributed by atoms with Gasteiger partial charge in [0.2, 0.25) is 5.82 Å². The molecule has 0 atom stereocenters. The van der Waals surface area contributed by atoms with Gasteiger partial charge in [-0.25, -0.2) is 4.79 Å². The van der Waals surface area contributed by atoms with Crippen LogP contribution in [0.2, 0.25) is 5.02 Å². The molecule has 12 heteroatoms. The topological polar surface area (TPSA) is 142 Å². The van der Waals surface area contributed by atoms with Gasteiger partial charge in [-0.1, -0.05) is 11.6 Å². The zero-order valence-electron chi connectivity index (χ0n) is 13.2. The van der Waals surface area contributed by atoms with Crippen LogP contribution in [0.25, 0.3) is 0 Å². The van der Waals surface area contributed by atoms with Gasteiger partial charge < -0.3 is 10.1 Å². The number of rotatable bonds is 6. The Balaban J connectivity index is 2.04. The van der Waals surface area contributed by atoms with Crippen molar-refractivity contribution in [3.63, 3.8) is 0 Å². The number of carbonyl (C=O) groups excluding carboxylic acids is 2. The number of esters is 1. The van der Waals surface area contributed by atoms with Gasteiger partial charge in [0, 0.05) is 22.8 Å². The lowest BCUT2D eigenvalue weighted by molar-refractivity contribution is -0.387. The van der Waals surface area contributed by atoms with Crippen molar-refractivity contribution in [1.82, 2.24) is 0 Å². The van der Waals surface area contributed by atoms with Gasteiger partial charge in [-0.05, 0) is 24.3 Å². The van der Waals surface area contributed by atoms with E-state index in [1.807, 2.05) is 0 Å². The summed E-state index contributed by atoms with van der Waals surface area (Å²) in [5.41, 5.74) is -1.94. The van der Waals surface area contributed by atoms with Crippen molar-refractivity contribution in [2.75, 3.05) is 11.9 Å². The predicted molar refractivity (Wildman–Crippen MR) is 90.1 cm³/mol. The Kier molecular flexibility index (Phi) is 5.98. The molecule has 0 fully saturated rings. The standard InChI is InChI=1S/C15H9ClFN3O7/c16-8-1-3-10(12(5-8)19(23)24)15(22)27-7-14(21)18-9-2-4-11(17)13(6-9)20(25)26/h1-6H,7H2,(H,18,21). The van der Waals surface area contributed by atoms with Crippen LogP contribution in [0.15, 0.2) is 36.4 Å². The summed E-state index contributed by atoms with van der Waals surface area (Å²) < 4.78 is 17.9. The Morgan fingerprint density at radius 3 is 2.37 bits per heavy atom. The second-order valence-corrected chi connectivity index (χ2v) is 5.40. The van der Waals surface area contributed by atoms with Crippen LogP contribution in [0, 0.1) is 26.0 Å². The molecule has 0 spiro atoms. The number of ether oxygens (including phenoxy) is 1. The number of nitrogens with one attached hydrogen (secondary N) is 1. The van der Waals surface area contributed by atoms with Crippen molar-refractivity contribution >= 4 is 40.5 Å². The monoisotopic (exact) mass is 397 g/mol. The summed E-state index contributed by atoms with van der Waals surface area (Å²) in [7, 11) is 0. The molecule has 0 aliphatic heterocycles. The van der Waals surface area contributed by atoms with Crippen LogP contribution < -0.4 is 5.32 Å². The highest BCUT2D eigenvalue weighted by atomic mass is 35.5. The molecule has 2 aromatic carbocycles. The molecule has 2 aromatic rings. The number of anilines is 1. The Morgan fingerprint density at radius 1 is 1.07 bits per heavy atom. The number of halogens is 2. The summed E-state index contributed by atoms with van der Waals surface area (Å²) in [6, 6.07) is 5.92. The first-order valence-corrected chi connectivity index (χ1v) is 7.41. The smallest absolute Gasteiger partial charge is 0.345 e. The molecular formula is C15H9ClFN3O7. The number of nitrogens with zero attached hydrogens (tertiary/aromatic N) is 2. The first-order valence-electron chi connectivity index (χ1n) is 7.04. The molecule has 27 heavy (non-hydrogen) atoms. The van der Waals surface area contributed by atoms with Crippen LogP contribution in [-0.4, -0.2) is 28.3 Å². The molecular weight excluding hydrogens is 389 g/mol. The highest BCUT2D eigenvalue weighted by Gasteiger charge is 2.23. The third kappa shape index (κ3) is 4.95. The van der Waals surface area contributed by atoms with E-state index in [0.717, 1.165) is 30.3 Å². The van der Waals surface area contributed by atoms with E-state index in [0.29, 0.717) is 0 Å². The summed E-state index contributed by atoms with van der Waals surface area (Å²) in [5.74, 6) is -3.11. The van der Waals surface area contributed by atoms with E-state index >= 15 is 0 Å². The molecule has 0 saturated heterocycles. The van der Waals surface area contributed by atoms with Crippen LogP contribution in [-0.2, 0) is 9.53 Å². The number of amides is 1. The summed E-state index contributed by atoms with van der Waals surface area (Å²) in [6.45, 7) is -0.830. The third-order valence-corrected chi connectivity index (χ3v) is 3.37. The molecule has 0 aliphatic rings. The van der Waals surface area contributed by atoms with Crippen molar-refractivity contribution in [2.24, 2.45) is 0 Å². The van der Waals surface area contributed by atoms with Gasteiger partial charge in [0.1, 0.15) is 5.56 Å². The summed E-state index contributed by atoms with van der Waals surface area (Å²) >= 11 is 5.63. The first kappa shape index (κ1) is 19.7. The summed E-state index contributed by atoms with van der Waals surface area (Å²) in [4.78, 5) is 43.5. The number of nitro benzene ring substituents is 2. The van der Waals surface area contributed by atoms with Crippen molar-refractivity contribution < 1.29 is 28.6 Å². The van der Waals surface area contributed by atoms with Gasteiger partial charge in [0.15, 0.2) is 6.61 Å². The predicted octanol–water partition coefficient (Wildman–Crippen LogP) is 3.09. The van der Waals surface area contributed by atoms with E-state index in [-0.39, 0.29) is 10.7 Å². The average molecular weight is 398 g/mol. The summed E-state index contributed by atoms with van der Waals surface area (Å²) in [6.07, 6.45) is 0. The normalized spacial score (nSPS) is 10.1. The van der Waals surface area contributed by atoms with Crippen molar-refractivity contribution in [3.8, 4) is 0 Å². The van der Waals surface area contributed by atoms with Crippen LogP contribution in [0.5, 0.6) is 0 Å². The first-order chi connectivity index (χ1) is 12.7. The second-order valence-electron chi connectivity index (χ2n) is 4.97. The molecule has 0 saturated carbocycles. The molecule has 0 heterocycles. The fraction of sp³-hybridized carbons (Fsp3) is 0.0667. The Labute approximate surface area is 154 Å². The molecule has 0 unspecified atom stereocenters. The molecule has 0 aromatic heterocycles. The maximum atomic E-state index is 13.2. The molecule has 0 aliphatic carbocycles. The molecule has 1 amide bonds. The highest BCUT2D eigenvalue weighted by molar-refractivity contribution is 6.31. The quantitative estimate of drug-likeness (QED) is 0.448. The lowest BCUT2D eigenvalue weighted by Gasteiger charge is -2.07. The summed E-state index contributed by atoms with van der Waals surface area (Å²) in [5, 5.41) is 23.8. The maximum absolute atomic E-state index is 13.2. The molecule has 0 bridgehead atoms. The minimum absolute atomic E-state index is 0.0360. The number of benzene rings is 2. The fourth-order valence-corrected chi connectivity index (χ4v) is 2.13. The van der Waals surface area contributed by atoms with Gasteiger partial charge in [0.25, 0.3) is 11.6 Å². The van der Waals surface area contributed by atoms with E-state index in [1.165, 1.54) is 6.07 Å². The second kappa shape index (κ2) is 8.19. The van der Waals surface area contributed by atoms with Crippen LogP contribution in [0.4, 0.5) is 21.5 Å². The van der Waals surface area contributed by atoms with E-state index in [9.17, 15) is 34.2 Å². The van der Waals surface area contributed by atoms with Crippen molar-refractivity contribution in [1.29, 1.82) is 0 Å². The molecule has 140 valence electrons.